The predicted molar refractivity (Wildman–Crippen MR) is 123 cm³/mol. The van der Waals surface area contributed by atoms with Gasteiger partial charge < -0.3 is 5.32 Å². The van der Waals surface area contributed by atoms with Crippen LogP contribution in [0.15, 0.2) is 85.6 Å². The minimum Gasteiger partial charge on any atom is -0.381 e. The molecule has 0 aliphatic heterocycles. The minimum absolute atomic E-state index is 0.162. The fraction of sp³-hybridized carbons (Fsp3) is 0.192. The third kappa shape index (κ3) is 6.72. The molecule has 0 saturated heterocycles. The average molecular weight is 389 g/mol. The number of nitrogens with zero attached hydrogens (tertiary/aromatic N) is 1. The molecule has 0 saturated carbocycles. The molecule has 2 nitrogen and oxygen atoms in total. The molecule has 3 aromatic rings. The molecule has 1 heterocycles. The van der Waals surface area contributed by atoms with Crippen LogP contribution in [0.1, 0.15) is 37.0 Å². The van der Waals surface area contributed by atoms with Crippen LogP contribution in [0.3, 0.4) is 0 Å². The van der Waals surface area contributed by atoms with Crippen LogP contribution in [-0.4, -0.2) is 4.98 Å². The molecule has 0 radical (unpaired) electrons. The molecule has 0 atom stereocenters. The van der Waals surface area contributed by atoms with E-state index in [1.807, 2.05) is 42.5 Å². The standard InChI is InChI=1S/C19H17FN2.C7H12/c1-13-5-3-6-17(19(13)20)12-22-14(2)15-8-9-18-16(11-15)7-4-10-21-18;1-4-5-6-7(2)3/h3-11,22H,2,12H2,1H3;4,6H,1,5H2,2-3H3. The van der Waals surface area contributed by atoms with Crippen LogP contribution in [0.2, 0.25) is 0 Å². The number of pyridine rings is 1. The largest absolute Gasteiger partial charge is 0.381 e. The van der Waals surface area contributed by atoms with Crippen molar-refractivity contribution in [3.63, 3.8) is 0 Å². The van der Waals surface area contributed by atoms with Gasteiger partial charge in [0.1, 0.15) is 5.82 Å². The Bertz CT molecular complexity index is 1010. The molecule has 0 spiro atoms. The number of nitrogens with one attached hydrogen (secondary N) is 1. The van der Waals surface area contributed by atoms with Crippen molar-refractivity contribution in [2.24, 2.45) is 0 Å². The van der Waals surface area contributed by atoms with Crippen molar-refractivity contribution in [3.8, 4) is 0 Å². The summed E-state index contributed by atoms with van der Waals surface area (Å²) in [5.41, 5.74) is 5.36. The maximum absolute atomic E-state index is 14.0. The first-order valence-corrected chi connectivity index (χ1v) is 9.68. The van der Waals surface area contributed by atoms with Gasteiger partial charge in [-0.05, 0) is 56.5 Å². The van der Waals surface area contributed by atoms with Crippen molar-refractivity contribution in [1.82, 2.24) is 10.3 Å². The van der Waals surface area contributed by atoms with Gasteiger partial charge in [-0.1, -0.05) is 54.6 Å². The molecular formula is C26H29FN2. The number of halogens is 1. The highest BCUT2D eigenvalue weighted by atomic mass is 19.1. The summed E-state index contributed by atoms with van der Waals surface area (Å²) in [6.45, 7) is 14.0. The molecule has 0 fully saturated rings. The average Bonchev–Trinajstić information content (AvgIpc) is 2.73. The van der Waals surface area contributed by atoms with Crippen molar-refractivity contribution < 1.29 is 4.39 Å². The molecule has 3 rings (SSSR count). The number of benzene rings is 2. The van der Waals surface area contributed by atoms with E-state index in [-0.39, 0.29) is 5.82 Å². The molecular weight excluding hydrogens is 359 g/mol. The zero-order chi connectivity index (χ0) is 21.2. The van der Waals surface area contributed by atoms with Crippen LogP contribution in [0.5, 0.6) is 0 Å². The molecule has 1 N–H and O–H groups in total. The summed E-state index contributed by atoms with van der Waals surface area (Å²) in [5.74, 6) is -0.162. The van der Waals surface area contributed by atoms with Crippen molar-refractivity contribution >= 4 is 16.6 Å². The molecule has 0 unspecified atom stereocenters. The van der Waals surface area contributed by atoms with Gasteiger partial charge in [-0.3, -0.25) is 4.98 Å². The van der Waals surface area contributed by atoms with Gasteiger partial charge in [0, 0.05) is 29.4 Å². The lowest BCUT2D eigenvalue weighted by atomic mass is 10.1. The quantitative estimate of drug-likeness (QED) is 0.461. The molecule has 0 bridgehead atoms. The molecule has 150 valence electrons. The van der Waals surface area contributed by atoms with E-state index < -0.39 is 0 Å². The molecule has 0 aliphatic carbocycles. The Hall–Kier alpha value is -3.20. The fourth-order valence-electron chi connectivity index (χ4n) is 2.73. The summed E-state index contributed by atoms with van der Waals surface area (Å²) in [6, 6.07) is 15.3. The Labute approximate surface area is 173 Å². The molecule has 3 heteroatoms. The van der Waals surface area contributed by atoms with E-state index in [0.717, 1.165) is 28.6 Å². The van der Waals surface area contributed by atoms with E-state index >= 15 is 0 Å². The summed E-state index contributed by atoms with van der Waals surface area (Å²) >= 11 is 0. The maximum Gasteiger partial charge on any atom is 0.131 e. The van der Waals surface area contributed by atoms with Gasteiger partial charge in [-0.15, -0.1) is 6.58 Å². The Morgan fingerprint density at radius 1 is 1.14 bits per heavy atom. The van der Waals surface area contributed by atoms with E-state index in [2.05, 4.69) is 43.4 Å². The number of hydrogen-bond donors (Lipinski definition) is 1. The van der Waals surface area contributed by atoms with Crippen LogP contribution in [0.4, 0.5) is 4.39 Å². The van der Waals surface area contributed by atoms with Crippen LogP contribution >= 0.6 is 0 Å². The number of fused-ring (bicyclic) bond motifs is 1. The highest BCUT2D eigenvalue weighted by Gasteiger charge is 2.06. The number of rotatable bonds is 6. The Morgan fingerprint density at radius 3 is 2.62 bits per heavy atom. The third-order valence-electron chi connectivity index (χ3n) is 4.41. The second-order valence-corrected chi connectivity index (χ2v) is 7.10. The summed E-state index contributed by atoms with van der Waals surface area (Å²) in [4.78, 5) is 4.30. The van der Waals surface area contributed by atoms with Gasteiger partial charge in [-0.25, -0.2) is 4.39 Å². The van der Waals surface area contributed by atoms with Gasteiger partial charge in [-0.2, -0.15) is 0 Å². The third-order valence-corrected chi connectivity index (χ3v) is 4.41. The second kappa shape index (κ2) is 11.0. The van der Waals surface area contributed by atoms with E-state index in [9.17, 15) is 4.39 Å². The zero-order valence-electron chi connectivity index (χ0n) is 17.5. The predicted octanol–water partition coefficient (Wildman–Crippen LogP) is 6.97. The van der Waals surface area contributed by atoms with E-state index in [4.69, 9.17) is 0 Å². The highest BCUT2D eigenvalue weighted by Crippen LogP contribution is 2.18. The molecule has 2 aromatic carbocycles. The number of aryl methyl sites for hydroxylation is 1. The van der Waals surface area contributed by atoms with Gasteiger partial charge in [0.2, 0.25) is 0 Å². The van der Waals surface area contributed by atoms with Gasteiger partial charge >= 0.3 is 0 Å². The van der Waals surface area contributed by atoms with Crippen molar-refractivity contribution in [3.05, 3.63) is 108 Å². The molecule has 1 aromatic heterocycles. The number of aromatic nitrogens is 1. The van der Waals surface area contributed by atoms with Gasteiger partial charge in [0.05, 0.1) is 5.52 Å². The van der Waals surface area contributed by atoms with Crippen LogP contribution in [0.25, 0.3) is 16.6 Å². The fourth-order valence-corrected chi connectivity index (χ4v) is 2.73. The Balaban J connectivity index is 0.000000370. The van der Waals surface area contributed by atoms with Crippen LogP contribution in [-0.2, 0) is 6.54 Å². The highest BCUT2D eigenvalue weighted by molar-refractivity contribution is 5.82. The first-order valence-electron chi connectivity index (χ1n) is 9.68. The molecule has 29 heavy (non-hydrogen) atoms. The van der Waals surface area contributed by atoms with E-state index in [1.54, 1.807) is 25.3 Å². The maximum atomic E-state index is 14.0. The Morgan fingerprint density at radius 2 is 1.93 bits per heavy atom. The molecule has 0 aliphatic rings. The first-order chi connectivity index (χ1) is 13.9. The van der Waals surface area contributed by atoms with Crippen molar-refractivity contribution in [1.29, 1.82) is 0 Å². The smallest absolute Gasteiger partial charge is 0.131 e. The molecule has 0 amide bonds. The summed E-state index contributed by atoms with van der Waals surface area (Å²) in [5, 5.41) is 4.25. The summed E-state index contributed by atoms with van der Waals surface area (Å²) in [7, 11) is 0. The lowest BCUT2D eigenvalue weighted by Gasteiger charge is -2.12. The second-order valence-electron chi connectivity index (χ2n) is 7.10. The van der Waals surface area contributed by atoms with Crippen LogP contribution < -0.4 is 5.32 Å². The van der Waals surface area contributed by atoms with Gasteiger partial charge in [0.25, 0.3) is 0 Å². The topological polar surface area (TPSA) is 24.9 Å². The van der Waals surface area contributed by atoms with Crippen molar-refractivity contribution in [2.45, 2.75) is 33.7 Å². The monoisotopic (exact) mass is 388 g/mol. The first kappa shape index (κ1) is 22.1. The number of hydrogen-bond acceptors (Lipinski definition) is 2. The number of allylic oxidation sites excluding steroid dienone is 3. The Kier molecular flexibility index (Phi) is 8.35. The van der Waals surface area contributed by atoms with Gasteiger partial charge in [0.15, 0.2) is 0 Å². The normalized spacial score (nSPS) is 9.93. The zero-order valence-corrected chi connectivity index (χ0v) is 17.5. The van der Waals surface area contributed by atoms with Crippen molar-refractivity contribution in [2.75, 3.05) is 0 Å². The van der Waals surface area contributed by atoms with Crippen LogP contribution in [0, 0.1) is 12.7 Å². The summed E-state index contributed by atoms with van der Waals surface area (Å²) in [6.07, 6.45) is 6.82. The SMILES string of the molecule is C=C(NCc1cccc(C)c1F)c1ccc2ncccc2c1.C=CCC=C(C)C. The van der Waals surface area contributed by atoms with E-state index in [0.29, 0.717) is 17.7 Å². The summed E-state index contributed by atoms with van der Waals surface area (Å²) < 4.78 is 14.0. The minimum atomic E-state index is -0.162. The lowest BCUT2D eigenvalue weighted by Crippen LogP contribution is -2.12. The van der Waals surface area contributed by atoms with E-state index in [1.165, 1.54) is 5.57 Å². The lowest BCUT2D eigenvalue weighted by molar-refractivity contribution is 0.596.